The number of nitrogens with one attached hydrogen (secondary N) is 1. The molecule has 7 heteroatoms. The number of carbonyl (C=O) groups excluding carboxylic acids is 2. The third-order valence-electron chi connectivity index (χ3n) is 2.18. The number of aromatic nitrogens is 1. The van der Waals surface area contributed by atoms with Crippen molar-refractivity contribution >= 4 is 23.4 Å². The lowest BCUT2D eigenvalue weighted by Crippen LogP contribution is -2.33. The van der Waals surface area contributed by atoms with Crippen LogP contribution in [0.25, 0.3) is 0 Å². The predicted octanol–water partition coefficient (Wildman–Crippen LogP) is 0.126. The average molecular weight is 252 g/mol. The third-order valence-corrected chi connectivity index (χ3v) is 2.18. The second-order valence-corrected chi connectivity index (χ2v) is 3.65. The monoisotopic (exact) mass is 252 g/mol. The fourth-order valence-electron chi connectivity index (χ4n) is 1.24. The lowest BCUT2D eigenvalue weighted by Gasteiger charge is -2.14. The normalized spacial score (nSPS) is 11.7. The fourth-order valence-corrected chi connectivity index (χ4v) is 1.24. The van der Waals surface area contributed by atoms with Gasteiger partial charge in [0.25, 0.3) is 0 Å². The molecule has 0 radical (unpaired) electrons. The van der Waals surface area contributed by atoms with Gasteiger partial charge in [-0.15, -0.1) is 0 Å². The Hall–Kier alpha value is -2.31. The van der Waals surface area contributed by atoms with E-state index in [4.69, 9.17) is 16.2 Å². The number of primary amides is 1. The van der Waals surface area contributed by atoms with Crippen LogP contribution < -0.4 is 16.8 Å². The van der Waals surface area contributed by atoms with E-state index >= 15 is 0 Å². The first-order valence-electron chi connectivity index (χ1n) is 5.44. The highest BCUT2D eigenvalue weighted by atomic mass is 16.5. The van der Waals surface area contributed by atoms with Crippen LogP contribution in [0.3, 0.4) is 0 Å². The number of esters is 1. The molecule has 0 aromatic carbocycles. The molecule has 1 heterocycles. The van der Waals surface area contributed by atoms with Gasteiger partial charge in [-0.2, -0.15) is 0 Å². The van der Waals surface area contributed by atoms with Crippen LogP contribution in [0.1, 0.15) is 24.2 Å². The molecular weight excluding hydrogens is 236 g/mol. The summed E-state index contributed by atoms with van der Waals surface area (Å²) in [5.41, 5.74) is 11.2. The second kappa shape index (κ2) is 5.85. The zero-order valence-corrected chi connectivity index (χ0v) is 10.3. The summed E-state index contributed by atoms with van der Waals surface area (Å²) in [5.74, 6) is -0.895. The van der Waals surface area contributed by atoms with Gasteiger partial charge in [-0.25, -0.2) is 9.78 Å². The summed E-state index contributed by atoms with van der Waals surface area (Å²) in [7, 11) is 0. The molecule has 0 saturated carbocycles. The van der Waals surface area contributed by atoms with Gasteiger partial charge >= 0.3 is 5.97 Å². The first-order valence-corrected chi connectivity index (χ1v) is 5.44. The maximum absolute atomic E-state index is 11.7. The molecule has 0 fully saturated rings. The van der Waals surface area contributed by atoms with E-state index in [2.05, 4.69) is 10.3 Å². The summed E-state index contributed by atoms with van der Waals surface area (Å²) < 4.78 is 4.87. The molecule has 0 aliphatic heterocycles. The van der Waals surface area contributed by atoms with Crippen molar-refractivity contribution in [3.05, 3.63) is 17.8 Å². The maximum atomic E-state index is 11.7. The van der Waals surface area contributed by atoms with Crippen LogP contribution in [0.5, 0.6) is 0 Å². The van der Waals surface area contributed by atoms with Crippen molar-refractivity contribution in [1.29, 1.82) is 0 Å². The van der Waals surface area contributed by atoms with E-state index in [9.17, 15) is 9.59 Å². The molecule has 0 saturated heterocycles. The maximum Gasteiger partial charge on any atom is 0.341 e. The zero-order valence-electron chi connectivity index (χ0n) is 10.3. The smallest absolute Gasteiger partial charge is 0.341 e. The van der Waals surface area contributed by atoms with Gasteiger partial charge < -0.3 is 21.5 Å². The molecule has 1 unspecified atom stereocenters. The lowest BCUT2D eigenvalue weighted by molar-refractivity contribution is -0.118. The van der Waals surface area contributed by atoms with Gasteiger partial charge in [0.05, 0.1) is 18.5 Å². The number of nitrogens with zero attached hydrogens (tertiary/aromatic N) is 1. The van der Waals surface area contributed by atoms with Crippen LogP contribution in [0, 0.1) is 0 Å². The SMILES string of the molecule is CCOC(=O)c1cc(N)cnc1NC(C)C(N)=O. The van der Waals surface area contributed by atoms with Gasteiger partial charge in [-0.1, -0.05) is 0 Å². The van der Waals surface area contributed by atoms with Crippen molar-refractivity contribution in [2.45, 2.75) is 19.9 Å². The molecule has 98 valence electrons. The largest absolute Gasteiger partial charge is 0.462 e. The van der Waals surface area contributed by atoms with E-state index in [0.29, 0.717) is 5.69 Å². The summed E-state index contributed by atoms with van der Waals surface area (Å²) in [6.45, 7) is 3.49. The van der Waals surface area contributed by atoms with Gasteiger partial charge in [0.2, 0.25) is 5.91 Å². The summed E-state index contributed by atoms with van der Waals surface area (Å²) in [4.78, 5) is 26.6. The molecular formula is C11H16N4O3. The quantitative estimate of drug-likeness (QED) is 0.640. The Morgan fingerprint density at radius 2 is 2.22 bits per heavy atom. The molecule has 18 heavy (non-hydrogen) atoms. The van der Waals surface area contributed by atoms with Gasteiger partial charge in [0.15, 0.2) is 0 Å². The molecule has 7 nitrogen and oxygen atoms in total. The minimum atomic E-state index is -0.658. The Morgan fingerprint density at radius 3 is 2.78 bits per heavy atom. The van der Waals surface area contributed by atoms with Crippen molar-refractivity contribution in [2.75, 3.05) is 17.7 Å². The molecule has 0 aliphatic rings. The van der Waals surface area contributed by atoms with Crippen LogP contribution in [-0.4, -0.2) is 29.5 Å². The number of ether oxygens (including phenoxy) is 1. The fraction of sp³-hybridized carbons (Fsp3) is 0.364. The van der Waals surface area contributed by atoms with Gasteiger partial charge in [0, 0.05) is 0 Å². The number of pyridine rings is 1. The molecule has 0 bridgehead atoms. The van der Waals surface area contributed by atoms with E-state index in [-0.39, 0.29) is 18.0 Å². The number of nitrogen functional groups attached to an aromatic ring is 1. The van der Waals surface area contributed by atoms with Crippen molar-refractivity contribution < 1.29 is 14.3 Å². The number of hydrogen-bond acceptors (Lipinski definition) is 6. The predicted molar refractivity (Wildman–Crippen MR) is 66.9 cm³/mol. The first kappa shape index (κ1) is 13.8. The standard InChI is InChI=1S/C11H16N4O3/c1-3-18-11(17)8-4-7(12)5-14-10(8)15-6(2)9(13)16/h4-6H,3,12H2,1-2H3,(H2,13,16)(H,14,15). The molecule has 0 aliphatic carbocycles. The van der Waals surface area contributed by atoms with E-state index in [0.717, 1.165) is 0 Å². The van der Waals surface area contributed by atoms with Crippen LogP contribution in [-0.2, 0) is 9.53 Å². The van der Waals surface area contributed by atoms with Crippen molar-refractivity contribution in [2.24, 2.45) is 5.73 Å². The van der Waals surface area contributed by atoms with Crippen molar-refractivity contribution in [3.8, 4) is 0 Å². The van der Waals surface area contributed by atoms with Gasteiger partial charge in [-0.3, -0.25) is 4.79 Å². The third kappa shape index (κ3) is 3.34. The molecule has 1 amide bonds. The summed E-state index contributed by atoms with van der Waals surface area (Å²) in [6.07, 6.45) is 1.37. The molecule has 1 aromatic rings. The molecule has 1 atom stereocenters. The van der Waals surface area contributed by atoms with Crippen LogP contribution in [0.15, 0.2) is 12.3 Å². The van der Waals surface area contributed by atoms with E-state index in [1.807, 2.05) is 0 Å². The van der Waals surface area contributed by atoms with E-state index in [1.165, 1.54) is 12.3 Å². The van der Waals surface area contributed by atoms with Gasteiger partial charge in [-0.05, 0) is 19.9 Å². The van der Waals surface area contributed by atoms with Crippen molar-refractivity contribution in [1.82, 2.24) is 4.98 Å². The minimum Gasteiger partial charge on any atom is -0.462 e. The highest BCUT2D eigenvalue weighted by molar-refractivity contribution is 5.96. The van der Waals surface area contributed by atoms with Gasteiger partial charge in [0.1, 0.15) is 17.4 Å². The number of amides is 1. The van der Waals surface area contributed by atoms with Crippen LogP contribution >= 0.6 is 0 Å². The van der Waals surface area contributed by atoms with Crippen LogP contribution in [0.4, 0.5) is 11.5 Å². The summed E-state index contributed by atoms with van der Waals surface area (Å²) in [5, 5.41) is 2.73. The molecule has 0 spiro atoms. The van der Waals surface area contributed by atoms with E-state index < -0.39 is 17.9 Å². The second-order valence-electron chi connectivity index (χ2n) is 3.65. The average Bonchev–Trinajstić information content (AvgIpc) is 2.31. The highest BCUT2D eigenvalue weighted by Crippen LogP contribution is 2.17. The first-order chi connectivity index (χ1) is 8.45. The lowest BCUT2D eigenvalue weighted by atomic mass is 10.2. The summed E-state index contributed by atoms with van der Waals surface area (Å²) >= 11 is 0. The Balaban J connectivity index is 3.03. The number of rotatable bonds is 5. The van der Waals surface area contributed by atoms with Crippen molar-refractivity contribution in [3.63, 3.8) is 0 Å². The number of anilines is 2. The molecule has 1 rings (SSSR count). The number of hydrogen-bond donors (Lipinski definition) is 3. The Kier molecular flexibility index (Phi) is 4.47. The topological polar surface area (TPSA) is 120 Å². The highest BCUT2D eigenvalue weighted by Gasteiger charge is 2.17. The summed E-state index contributed by atoms with van der Waals surface area (Å²) in [6, 6.07) is 0.774. The molecule has 5 N–H and O–H groups in total. The molecule has 1 aromatic heterocycles. The number of nitrogens with two attached hydrogens (primary N) is 2. The zero-order chi connectivity index (χ0) is 13.7. The Labute approximate surface area is 105 Å². The van der Waals surface area contributed by atoms with Crippen LogP contribution in [0.2, 0.25) is 0 Å². The Bertz CT molecular complexity index is 462. The Morgan fingerprint density at radius 1 is 1.56 bits per heavy atom. The van der Waals surface area contributed by atoms with E-state index in [1.54, 1.807) is 13.8 Å². The number of carbonyl (C=O) groups is 2. The minimum absolute atomic E-state index is 0.171.